The second-order valence-electron chi connectivity index (χ2n) is 13.1. The van der Waals surface area contributed by atoms with Gasteiger partial charge >= 0.3 is 6.09 Å². The zero-order valence-corrected chi connectivity index (χ0v) is 24.1. The van der Waals surface area contributed by atoms with Crippen LogP contribution in [0.3, 0.4) is 0 Å². The molecule has 8 heteroatoms. The van der Waals surface area contributed by atoms with Crippen molar-refractivity contribution in [1.29, 1.82) is 0 Å². The van der Waals surface area contributed by atoms with Gasteiger partial charge in [0.25, 0.3) is 0 Å². The van der Waals surface area contributed by atoms with E-state index in [-0.39, 0.29) is 22.7 Å². The maximum Gasteiger partial charge on any atom is 0.410 e. The first-order valence-electron chi connectivity index (χ1n) is 11.9. The summed E-state index contributed by atoms with van der Waals surface area (Å²) in [4.78, 5) is 14.4. The highest BCUT2D eigenvalue weighted by molar-refractivity contribution is 7.85. The summed E-state index contributed by atoms with van der Waals surface area (Å²) in [5.74, 6) is 0. The molecule has 0 N–H and O–H groups in total. The lowest BCUT2D eigenvalue weighted by Gasteiger charge is -2.41. The summed E-state index contributed by atoms with van der Waals surface area (Å²) in [5, 5.41) is 0.133. The van der Waals surface area contributed by atoms with Gasteiger partial charge in [0.05, 0.1) is 10.9 Å². The van der Waals surface area contributed by atoms with E-state index in [9.17, 15) is 9.00 Å². The van der Waals surface area contributed by atoms with Crippen LogP contribution in [0.25, 0.3) is 0 Å². The number of amides is 1. The molecule has 1 saturated carbocycles. The van der Waals surface area contributed by atoms with Gasteiger partial charge in [0.15, 0.2) is 8.32 Å². The van der Waals surface area contributed by atoms with E-state index >= 15 is 0 Å². The highest BCUT2D eigenvalue weighted by Gasteiger charge is 2.50. The van der Waals surface area contributed by atoms with Crippen LogP contribution < -0.4 is 0 Å². The number of ether oxygens (including phenoxy) is 1. The number of likely N-dealkylation sites (tertiary alicyclic amines) is 1. The van der Waals surface area contributed by atoms with E-state index < -0.39 is 29.7 Å². The topological polar surface area (TPSA) is 68.2 Å². The largest absolute Gasteiger partial charge is 0.444 e. The van der Waals surface area contributed by atoms with Crippen molar-refractivity contribution >= 4 is 31.1 Å². The third-order valence-electron chi connectivity index (χ3n) is 7.01. The van der Waals surface area contributed by atoms with Gasteiger partial charge in [-0.3, -0.25) is 0 Å². The van der Waals surface area contributed by atoms with E-state index in [2.05, 4.69) is 33.9 Å². The Morgan fingerprint density at radius 3 is 2.03 bits per heavy atom. The van der Waals surface area contributed by atoms with Gasteiger partial charge in [-0.25, -0.2) is 9.00 Å². The Kier molecular flexibility index (Phi) is 7.86. The van der Waals surface area contributed by atoms with E-state index in [4.69, 9.17) is 13.6 Å². The third kappa shape index (κ3) is 6.66. The molecule has 1 amide bonds. The Morgan fingerprint density at radius 2 is 1.59 bits per heavy atom. The molecule has 6 nitrogen and oxygen atoms in total. The molecular formula is C24H46N2O4SSi. The molecule has 1 aliphatic heterocycles. The number of hydrogen-bond donors (Lipinski definition) is 0. The summed E-state index contributed by atoms with van der Waals surface area (Å²) in [7, 11) is -3.23. The van der Waals surface area contributed by atoms with Crippen molar-refractivity contribution in [3.63, 3.8) is 0 Å². The van der Waals surface area contributed by atoms with Crippen LogP contribution in [0.2, 0.25) is 18.1 Å². The standard InChI is InChI=1S/C24H46N2O4SSi/c1-21(2,3)29-20(27)26-14-12-24(13-15-26)17-18(30-32(10,11)23(7,8)9)16-19(24)25-31(28)22(4,5)6/h18H,12-17H2,1-11H3/t18-,31+/m0/s1. The van der Waals surface area contributed by atoms with Gasteiger partial charge in [0.2, 0.25) is 0 Å². The smallest absolute Gasteiger partial charge is 0.410 e. The fraction of sp³-hybridized carbons (Fsp3) is 0.917. The molecule has 0 aromatic carbocycles. The molecule has 186 valence electrons. The Hall–Kier alpha value is -0.733. The normalized spacial score (nSPS) is 24.8. The molecule has 2 fully saturated rings. The minimum absolute atomic E-state index is 0.0969. The summed E-state index contributed by atoms with van der Waals surface area (Å²) in [6.45, 7) is 24.2. The van der Waals surface area contributed by atoms with Crippen molar-refractivity contribution in [3.8, 4) is 0 Å². The first kappa shape index (κ1) is 27.5. The van der Waals surface area contributed by atoms with Crippen LogP contribution >= 0.6 is 0 Å². The second-order valence-corrected chi connectivity index (χ2v) is 19.7. The van der Waals surface area contributed by atoms with E-state index in [0.717, 1.165) is 31.4 Å². The van der Waals surface area contributed by atoms with Crippen LogP contribution in [0, 0.1) is 5.41 Å². The van der Waals surface area contributed by atoms with Crippen molar-refractivity contribution in [1.82, 2.24) is 4.90 Å². The van der Waals surface area contributed by atoms with E-state index in [1.54, 1.807) is 4.90 Å². The second kappa shape index (κ2) is 9.14. The van der Waals surface area contributed by atoms with Crippen molar-refractivity contribution in [3.05, 3.63) is 0 Å². The summed E-state index contributed by atoms with van der Waals surface area (Å²) in [6.07, 6.45) is 3.09. The molecular weight excluding hydrogens is 440 g/mol. The van der Waals surface area contributed by atoms with Crippen LogP contribution in [0.15, 0.2) is 4.40 Å². The first-order chi connectivity index (χ1) is 14.3. The Labute approximate surface area is 199 Å². The lowest BCUT2D eigenvalue weighted by molar-refractivity contribution is 0.0143. The lowest BCUT2D eigenvalue weighted by Crippen LogP contribution is -2.47. The van der Waals surface area contributed by atoms with Gasteiger partial charge in [-0.2, -0.15) is 4.40 Å². The van der Waals surface area contributed by atoms with Gasteiger partial charge in [-0.15, -0.1) is 0 Å². The molecule has 32 heavy (non-hydrogen) atoms. The van der Waals surface area contributed by atoms with Crippen LogP contribution in [0.1, 0.15) is 88.0 Å². The van der Waals surface area contributed by atoms with Crippen molar-refractivity contribution in [2.24, 2.45) is 9.81 Å². The van der Waals surface area contributed by atoms with Gasteiger partial charge in [0.1, 0.15) is 16.6 Å². The number of nitrogens with zero attached hydrogens (tertiary/aromatic N) is 2. The summed E-state index contributed by atoms with van der Waals surface area (Å²) in [6, 6.07) is 0. The number of piperidine rings is 1. The van der Waals surface area contributed by atoms with Crippen molar-refractivity contribution in [2.45, 2.75) is 123 Å². The molecule has 0 aromatic rings. The maximum absolute atomic E-state index is 12.9. The zero-order chi connectivity index (χ0) is 24.8. The maximum atomic E-state index is 12.9. The van der Waals surface area contributed by atoms with Crippen LogP contribution in [-0.4, -0.2) is 58.8 Å². The Bertz CT molecular complexity index is 751. The van der Waals surface area contributed by atoms with E-state index in [0.29, 0.717) is 13.1 Å². The van der Waals surface area contributed by atoms with Crippen LogP contribution in [-0.2, 0) is 20.1 Å². The molecule has 2 atom stereocenters. The van der Waals surface area contributed by atoms with Crippen LogP contribution in [0.4, 0.5) is 4.79 Å². The highest BCUT2D eigenvalue weighted by atomic mass is 32.2. The monoisotopic (exact) mass is 486 g/mol. The van der Waals surface area contributed by atoms with Gasteiger partial charge in [-0.05, 0) is 78.9 Å². The summed E-state index contributed by atoms with van der Waals surface area (Å²) in [5.41, 5.74) is 0.378. The third-order valence-corrected chi connectivity index (χ3v) is 13.0. The number of rotatable bonds is 3. The quantitative estimate of drug-likeness (QED) is 0.453. The predicted octanol–water partition coefficient (Wildman–Crippen LogP) is 6.09. The fourth-order valence-corrected chi connectivity index (χ4v) is 6.14. The molecule has 0 unspecified atom stereocenters. The molecule has 1 saturated heterocycles. The minimum atomic E-state index is -1.93. The fourth-order valence-electron chi connectivity index (χ4n) is 4.04. The molecule has 0 radical (unpaired) electrons. The molecule has 1 spiro atoms. The van der Waals surface area contributed by atoms with Crippen LogP contribution in [0.5, 0.6) is 0 Å². The van der Waals surface area contributed by atoms with Gasteiger partial charge in [0, 0.05) is 30.6 Å². The average Bonchev–Trinajstić information content (AvgIpc) is 2.87. The lowest BCUT2D eigenvalue weighted by atomic mass is 9.76. The molecule has 0 aromatic heterocycles. The molecule has 1 heterocycles. The molecule has 2 rings (SSSR count). The number of carbonyl (C=O) groups is 1. The summed E-state index contributed by atoms with van der Waals surface area (Å²) < 4.78 is 29.7. The number of hydrogen-bond acceptors (Lipinski definition) is 4. The Morgan fingerprint density at radius 1 is 1.06 bits per heavy atom. The van der Waals surface area contributed by atoms with E-state index in [1.807, 2.05) is 41.5 Å². The SMILES string of the molecule is CC(C)(C)OC(=O)N1CCC2(CC1)C[C@@H](O[Si](C)(C)C(C)(C)C)CC2=N[S@](=O)C(C)(C)C. The highest BCUT2D eigenvalue weighted by Crippen LogP contribution is 2.48. The first-order valence-corrected chi connectivity index (χ1v) is 15.9. The van der Waals surface area contributed by atoms with Crippen molar-refractivity contribution in [2.75, 3.05) is 13.1 Å². The van der Waals surface area contributed by atoms with E-state index in [1.165, 1.54) is 0 Å². The zero-order valence-electron chi connectivity index (χ0n) is 22.3. The molecule has 2 aliphatic rings. The molecule has 0 bridgehead atoms. The predicted molar refractivity (Wildman–Crippen MR) is 136 cm³/mol. The van der Waals surface area contributed by atoms with Gasteiger partial charge < -0.3 is 14.1 Å². The average molecular weight is 487 g/mol. The summed E-state index contributed by atoms with van der Waals surface area (Å²) >= 11 is 0. The number of carbonyl (C=O) groups excluding carboxylic acids is 1. The Balaban J connectivity index is 2.25. The molecule has 1 aliphatic carbocycles. The van der Waals surface area contributed by atoms with Crippen molar-refractivity contribution < 1.29 is 18.2 Å². The minimum Gasteiger partial charge on any atom is -0.444 e. The van der Waals surface area contributed by atoms with Gasteiger partial charge in [-0.1, -0.05) is 20.8 Å².